The van der Waals surface area contributed by atoms with Gasteiger partial charge in [-0.2, -0.15) is 0 Å². The Hall–Kier alpha value is -2.33. The maximum Gasteiger partial charge on any atom is 0.191 e. The summed E-state index contributed by atoms with van der Waals surface area (Å²) in [7, 11) is 0. The molecule has 1 fully saturated rings. The van der Waals surface area contributed by atoms with E-state index in [2.05, 4.69) is 0 Å². The second-order valence-electron chi connectivity index (χ2n) is 6.14. The second kappa shape index (κ2) is 4.34. The van der Waals surface area contributed by atoms with E-state index < -0.39 is 29.1 Å². The molecule has 0 aliphatic heterocycles. The van der Waals surface area contributed by atoms with Gasteiger partial charge in [0.05, 0.1) is 5.92 Å². The smallest absolute Gasteiger partial charge is 0.191 e. The van der Waals surface area contributed by atoms with Crippen molar-refractivity contribution in [2.75, 3.05) is 0 Å². The summed E-state index contributed by atoms with van der Waals surface area (Å²) in [6.07, 6.45) is 5.97. The third-order valence-corrected chi connectivity index (χ3v) is 5.02. The van der Waals surface area contributed by atoms with Crippen LogP contribution in [0.1, 0.15) is 11.5 Å². The molecule has 5 rings (SSSR count). The van der Waals surface area contributed by atoms with Crippen LogP contribution in [0.3, 0.4) is 0 Å². The number of carbonyl (C=O) groups is 3. The van der Waals surface area contributed by atoms with Crippen LogP contribution in [-0.2, 0) is 14.4 Å². The average molecular weight is 294 g/mol. The summed E-state index contributed by atoms with van der Waals surface area (Å²) in [6, 6.07) is 8.84. The first-order valence-electron chi connectivity index (χ1n) is 7.31. The molecule has 0 amide bonds. The lowest BCUT2D eigenvalue weighted by Crippen LogP contribution is -2.50. The molecule has 1 N–H and O–H groups in total. The van der Waals surface area contributed by atoms with Crippen LogP contribution in [0.15, 0.2) is 54.6 Å². The molecule has 4 nitrogen and oxygen atoms in total. The highest BCUT2D eigenvalue weighted by molar-refractivity contribution is 6.20. The quantitative estimate of drug-likeness (QED) is 0.624. The molecular formula is C18H14O4. The van der Waals surface area contributed by atoms with Crippen molar-refractivity contribution < 1.29 is 19.5 Å². The van der Waals surface area contributed by atoms with Gasteiger partial charge in [-0.3, -0.25) is 14.4 Å². The number of ketones is 3. The van der Waals surface area contributed by atoms with E-state index in [1.165, 1.54) is 12.2 Å². The van der Waals surface area contributed by atoms with Crippen LogP contribution in [-0.4, -0.2) is 28.1 Å². The van der Waals surface area contributed by atoms with Crippen molar-refractivity contribution in [1.29, 1.82) is 0 Å². The molecule has 110 valence electrons. The number of hydrogen-bond donors (Lipinski definition) is 1. The van der Waals surface area contributed by atoms with Gasteiger partial charge >= 0.3 is 0 Å². The molecule has 4 aliphatic carbocycles. The van der Waals surface area contributed by atoms with Crippen molar-refractivity contribution in [2.24, 2.45) is 17.8 Å². The van der Waals surface area contributed by atoms with Gasteiger partial charge in [-0.15, -0.1) is 0 Å². The molecule has 0 aromatic heterocycles. The van der Waals surface area contributed by atoms with Gasteiger partial charge in [-0.25, -0.2) is 0 Å². The fraction of sp³-hybridized carbons (Fsp3) is 0.278. The van der Waals surface area contributed by atoms with E-state index in [9.17, 15) is 19.5 Å². The SMILES string of the molecule is O=C1C(c2ccccc2)C(=O)[C@@H]2[C@H]1[C@@H]1C=CC(=O)[C@@]2(O)C=C1. The van der Waals surface area contributed by atoms with Crippen LogP contribution < -0.4 is 0 Å². The number of carbonyl (C=O) groups excluding carboxylic acids is 3. The lowest BCUT2D eigenvalue weighted by molar-refractivity contribution is -0.143. The number of allylic oxidation sites excluding steroid dienone is 2. The third-order valence-electron chi connectivity index (χ3n) is 5.02. The third kappa shape index (κ3) is 1.53. The van der Waals surface area contributed by atoms with Crippen molar-refractivity contribution in [3.05, 3.63) is 60.2 Å². The Labute approximate surface area is 127 Å². The fourth-order valence-corrected chi connectivity index (χ4v) is 3.96. The first-order valence-corrected chi connectivity index (χ1v) is 7.31. The van der Waals surface area contributed by atoms with Gasteiger partial charge in [0.15, 0.2) is 23.0 Å². The van der Waals surface area contributed by atoms with E-state index >= 15 is 0 Å². The minimum absolute atomic E-state index is 0.201. The van der Waals surface area contributed by atoms with Gasteiger partial charge in [0.1, 0.15) is 5.92 Å². The Bertz CT molecular complexity index is 746. The zero-order valence-corrected chi connectivity index (χ0v) is 11.7. The van der Waals surface area contributed by atoms with Gasteiger partial charge in [0.25, 0.3) is 0 Å². The summed E-state index contributed by atoms with van der Waals surface area (Å²) in [5, 5.41) is 10.7. The summed E-state index contributed by atoms with van der Waals surface area (Å²) in [4.78, 5) is 37.9. The number of fused-ring (bicyclic) bond motifs is 1. The predicted octanol–water partition coefficient (Wildman–Crippen LogP) is 1.21. The zero-order valence-electron chi connectivity index (χ0n) is 11.7. The molecule has 1 aromatic rings. The molecule has 0 saturated heterocycles. The van der Waals surface area contributed by atoms with Crippen molar-refractivity contribution in [3.63, 3.8) is 0 Å². The minimum Gasteiger partial charge on any atom is -0.377 e. The van der Waals surface area contributed by atoms with Crippen LogP contribution in [0.25, 0.3) is 0 Å². The summed E-state index contributed by atoms with van der Waals surface area (Å²) in [5.41, 5.74) is -1.25. The topological polar surface area (TPSA) is 71.4 Å². The van der Waals surface area contributed by atoms with Gasteiger partial charge in [0.2, 0.25) is 0 Å². The van der Waals surface area contributed by atoms with Crippen molar-refractivity contribution in [1.82, 2.24) is 0 Å². The maximum atomic E-state index is 12.8. The van der Waals surface area contributed by atoms with Crippen molar-refractivity contribution in [2.45, 2.75) is 11.5 Å². The van der Waals surface area contributed by atoms with Crippen LogP contribution in [0, 0.1) is 17.8 Å². The number of rotatable bonds is 1. The molecule has 0 heterocycles. The lowest BCUT2D eigenvalue weighted by Gasteiger charge is -2.34. The highest BCUT2D eigenvalue weighted by atomic mass is 16.3. The van der Waals surface area contributed by atoms with Gasteiger partial charge in [-0.1, -0.05) is 42.5 Å². The molecule has 1 aromatic carbocycles. The van der Waals surface area contributed by atoms with E-state index in [0.29, 0.717) is 5.56 Å². The Morgan fingerprint density at radius 1 is 0.955 bits per heavy atom. The monoisotopic (exact) mass is 294 g/mol. The molecule has 2 bridgehead atoms. The van der Waals surface area contributed by atoms with E-state index in [0.717, 1.165) is 0 Å². The van der Waals surface area contributed by atoms with E-state index in [-0.39, 0.29) is 17.5 Å². The van der Waals surface area contributed by atoms with E-state index in [1.807, 2.05) is 6.07 Å². The molecule has 0 spiro atoms. The largest absolute Gasteiger partial charge is 0.377 e. The summed E-state index contributed by atoms with van der Waals surface area (Å²) in [5.74, 6) is -3.90. The first-order chi connectivity index (χ1) is 10.5. The Balaban J connectivity index is 1.87. The highest BCUT2D eigenvalue weighted by Gasteiger charge is 2.63. The maximum absolute atomic E-state index is 12.8. The molecule has 0 radical (unpaired) electrons. The molecule has 4 heteroatoms. The Kier molecular flexibility index (Phi) is 2.63. The zero-order chi connectivity index (χ0) is 15.5. The van der Waals surface area contributed by atoms with Gasteiger partial charge in [-0.05, 0) is 17.7 Å². The number of benzene rings is 1. The average Bonchev–Trinajstić information content (AvgIpc) is 2.63. The fourth-order valence-electron chi connectivity index (χ4n) is 3.96. The molecule has 1 saturated carbocycles. The van der Waals surface area contributed by atoms with Crippen molar-refractivity contribution in [3.8, 4) is 0 Å². The lowest BCUT2D eigenvalue weighted by atomic mass is 9.70. The number of Topliss-reactive ketones (excluding diaryl/α,β-unsaturated/α-hetero) is 2. The number of aliphatic hydroxyl groups is 1. The normalized spacial score (nSPS) is 39.2. The highest BCUT2D eigenvalue weighted by Crippen LogP contribution is 2.50. The first kappa shape index (κ1) is 13.3. The van der Waals surface area contributed by atoms with E-state index in [1.54, 1.807) is 36.4 Å². The minimum atomic E-state index is -1.88. The summed E-state index contributed by atoms with van der Waals surface area (Å²) >= 11 is 0. The Morgan fingerprint density at radius 2 is 1.68 bits per heavy atom. The molecule has 22 heavy (non-hydrogen) atoms. The summed E-state index contributed by atoms with van der Waals surface area (Å²) < 4.78 is 0. The van der Waals surface area contributed by atoms with Gasteiger partial charge < -0.3 is 5.11 Å². The van der Waals surface area contributed by atoms with Crippen LogP contribution >= 0.6 is 0 Å². The Morgan fingerprint density at radius 3 is 2.41 bits per heavy atom. The summed E-state index contributed by atoms with van der Waals surface area (Å²) in [6.45, 7) is 0. The standard InChI is InChI=1S/C18H14O4/c19-12-7-6-11-8-9-18(12,22)15-13(11)16(20)14(17(15)21)10-4-2-1-3-5-10/h1-9,11,13-15,22H/t11-,13-,14?,15+,18+/m1/s1. The molecule has 1 unspecified atom stereocenters. The van der Waals surface area contributed by atoms with Crippen LogP contribution in [0.2, 0.25) is 0 Å². The predicted molar refractivity (Wildman–Crippen MR) is 77.9 cm³/mol. The van der Waals surface area contributed by atoms with Crippen LogP contribution in [0.4, 0.5) is 0 Å². The van der Waals surface area contributed by atoms with Gasteiger partial charge in [0, 0.05) is 11.8 Å². The molecular weight excluding hydrogens is 280 g/mol. The van der Waals surface area contributed by atoms with Crippen LogP contribution in [0.5, 0.6) is 0 Å². The van der Waals surface area contributed by atoms with Crippen molar-refractivity contribution >= 4 is 17.3 Å². The molecule has 4 aliphatic rings. The number of hydrogen-bond acceptors (Lipinski definition) is 4. The van der Waals surface area contributed by atoms with E-state index in [4.69, 9.17) is 0 Å². The molecule has 5 atom stereocenters. The second-order valence-corrected chi connectivity index (χ2v) is 6.14.